The number of carboxylic acid groups (broad SMARTS) is 1. The summed E-state index contributed by atoms with van der Waals surface area (Å²) >= 11 is 3.14. The van der Waals surface area contributed by atoms with E-state index in [9.17, 15) is 4.79 Å². The monoisotopic (exact) mass is 229 g/mol. The number of carbonyl (C=O) groups is 1. The molecule has 1 aliphatic rings. The molecule has 5 heteroatoms. The second-order valence-electron chi connectivity index (χ2n) is 3.40. The van der Waals surface area contributed by atoms with Gasteiger partial charge >= 0.3 is 5.97 Å². The second kappa shape index (κ2) is 3.47. The van der Waals surface area contributed by atoms with Crippen molar-refractivity contribution in [2.75, 3.05) is 18.5 Å². The van der Waals surface area contributed by atoms with E-state index >= 15 is 0 Å². The molecule has 0 aromatic carbocycles. The number of aromatic carboxylic acids is 1. The quantitative estimate of drug-likeness (QED) is 0.802. The van der Waals surface area contributed by atoms with Gasteiger partial charge in [-0.15, -0.1) is 23.1 Å². The maximum absolute atomic E-state index is 10.8. The smallest absolute Gasteiger partial charge is 0.345 e. The van der Waals surface area contributed by atoms with Gasteiger partial charge in [-0.2, -0.15) is 0 Å². The van der Waals surface area contributed by atoms with Crippen molar-refractivity contribution in [2.45, 2.75) is 16.4 Å². The van der Waals surface area contributed by atoms with Crippen LogP contribution in [-0.4, -0.2) is 29.9 Å². The molecule has 3 nitrogen and oxygen atoms in total. The van der Waals surface area contributed by atoms with Crippen LogP contribution >= 0.6 is 23.1 Å². The van der Waals surface area contributed by atoms with E-state index in [-0.39, 0.29) is 0 Å². The van der Waals surface area contributed by atoms with Gasteiger partial charge in [0.1, 0.15) is 4.88 Å². The molecular formula is C9H11NO2S2. The average molecular weight is 229 g/mol. The van der Waals surface area contributed by atoms with Gasteiger partial charge in [0.05, 0.1) is 9.90 Å². The average Bonchev–Trinajstić information content (AvgIpc) is 2.47. The maximum Gasteiger partial charge on any atom is 0.345 e. The third-order valence-electron chi connectivity index (χ3n) is 2.14. The van der Waals surface area contributed by atoms with Crippen molar-refractivity contribution >= 4 is 34.8 Å². The lowest BCUT2D eigenvalue weighted by Crippen LogP contribution is -2.28. The molecule has 0 saturated carbocycles. The number of hydrogen-bond acceptors (Lipinski definition) is 4. The van der Waals surface area contributed by atoms with Crippen molar-refractivity contribution in [3.63, 3.8) is 0 Å². The molecule has 0 amide bonds. The lowest BCUT2D eigenvalue weighted by atomic mass is 10.3. The fourth-order valence-electron chi connectivity index (χ4n) is 1.52. The number of nitrogens with zero attached hydrogens (tertiary/aromatic N) is 1. The number of rotatable bonds is 1. The summed E-state index contributed by atoms with van der Waals surface area (Å²) in [6.07, 6.45) is 0. The van der Waals surface area contributed by atoms with E-state index in [2.05, 4.69) is 11.8 Å². The number of hydrogen-bond donors (Lipinski definition) is 1. The van der Waals surface area contributed by atoms with Crippen LogP contribution in [0.4, 0.5) is 5.69 Å². The van der Waals surface area contributed by atoms with E-state index in [0.29, 0.717) is 10.1 Å². The Morgan fingerprint density at radius 2 is 2.43 bits per heavy atom. The molecule has 2 heterocycles. The molecule has 1 N–H and O–H groups in total. The molecule has 1 aliphatic heterocycles. The largest absolute Gasteiger partial charge is 0.477 e. The Morgan fingerprint density at radius 1 is 1.71 bits per heavy atom. The van der Waals surface area contributed by atoms with Crippen molar-refractivity contribution in [1.29, 1.82) is 0 Å². The van der Waals surface area contributed by atoms with E-state index in [1.165, 1.54) is 11.3 Å². The fourth-order valence-corrected chi connectivity index (χ4v) is 4.26. The van der Waals surface area contributed by atoms with Gasteiger partial charge in [0.2, 0.25) is 0 Å². The number of thiophene rings is 1. The van der Waals surface area contributed by atoms with E-state index in [4.69, 9.17) is 5.11 Å². The van der Waals surface area contributed by atoms with Crippen molar-refractivity contribution in [2.24, 2.45) is 0 Å². The van der Waals surface area contributed by atoms with Crippen LogP contribution in [0.3, 0.4) is 0 Å². The van der Waals surface area contributed by atoms with Crippen LogP contribution < -0.4 is 4.90 Å². The zero-order chi connectivity index (χ0) is 10.3. The molecule has 1 aromatic heterocycles. The Bertz CT molecular complexity index is 375. The minimum atomic E-state index is -0.828. The van der Waals surface area contributed by atoms with E-state index < -0.39 is 5.97 Å². The Morgan fingerprint density at radius 3 is 3.07 bits per heavy atom. The van der Waals surface area contributed by atoms with Crippen molar-refractivity contribution in [1.82, 2.24) is 0 Å². The molecule has 0 bridgehead atoms. The molecule has 2 rings (SSSR count). The molecule has 0 spiro atoms. The summed E-state index contributed by atoms with van der Waals surface area (Å²) in [5, 5.41) is 9.40. The predicted octanol–water partition coefficient (Wildman–Crippen LogP) is 2.38. The van der Waals surface area contributed by atoms with Gasteiger partial charge in [0.15, 0.2) is 0 Å². The Balaban J connectivity index is 2.40. The van der Waals surface area contributed by atoms with Gasteiger partial charge < -0.3 is 10.0 Å². The van der Waals surface area contributed by atoms with Crippen LogP contribution in [0.25, 0.3) is 0 Å². The first kappa shape index (κ1) is 9.86. The third kappa shape index (κ3) is 1.62. The normalized spacial score (nSPS) is 20.7. The molecule has 76 valence electrons. The van der Waals surface area contributed by atoms with Crippen LogP contribution in [0, 0.1) is 0 Å². The SMILES string of the molecule is CC1CN(C)c2cc(C(=O)O)sc2S1. The predicted molar refractivity (Wildman–Crippen MR) is 59.9 cm³/mol. The standard InChI is InChI=1S/C9H11NO2S2/c1-5-4-10(2)6-3-7(8(11)12)14-9(6)13-5/h3,5H,4H2,1-2H3,(H,11,12). The summed E-state index contributed by atoms with van der Waals surface area (Å²) < 4.78 is 1.13. The van der Waals surface area contributed by atoms with Gasteiger partial charge in [-0.05, 0) is 6.07 Å². The van der Waals surface area contributed by atoms with Crippen molar-refractivity contribution in [3.05, 3.63) is 10.9 Å². The minimum absolute atomic E-state index is 0.434. The summed E-state index contributed by atoms with van der Waals surface area (Å²) in [6.45, 7) is 3.14. The topological polar surface area (TPSA) is 40.5 Å². The molecule has 0 saturated heterocycles. The zero-order valence-electron chi connectivity index (χ0n) is 7.98. The van der Waals surface area contributed by atoms with Crippen molar-refractivity contribution < 1.29 is 9.90 Å². The van der Waals surface area contributed by atoms with Crippen LogP contribution in [-0.2, 0) is 0 Å². The van der Waals surface area contributed by atoms with E-state index in [0.717, 1.165) is 16.4 Å². The van der Waals surface area contributed by atoms with E-state index in [1.54, 1.807) is 17.8 Å². The molecule has 1 aromatic rings. The summed E-state index contributed by atoms with van der Waals surface area (Å²) in [5.41, 5.74) is 1.07. The molecule has 1 atom stereocenters. The number of fused-ring (bicyclic) bond motifs is 1. The lowest BCUT2D eigenvalue weighted by molar-refractivity contribution is 0.0702. The van der Waals surface area contributed by atoms with Crippen LogP contribution in [0.2, 0.25) is 0 Å². The Hall–Kier alpha value is -0.680. The number of anilines is 1. The highest BCUT2D eigenvalue weighted by atomic mass is 32.2. The summed E-state index contributed by atoms with van der Waals surface area (Å²) in [5.74, 6) is -0.828. The zero-order valence-corrected chi connectivity index (χ0v) is 9.61. The first-order chi connectivity index (χ1) is 6.58. The van der Waals surface area contributed by atoms with Crippen LogP contribution in [0.5, 0.6) is 0 Å². The van der Waals surface area contributed by atoms with Gasteiger partial charge in [-0.1, -0.05) is 6.92 Å². The highest BCUT2D eigenvalue weighted by molar-refractivity contribution is 8.02. The van der Waals surface area contributed by atoms with Crippen LogP contribution in [0.1, 0.15) is 16.6 Å². The minimum Gasteiger partial charge on any atom is -0.477 e. The van der Waals surface area contributed by atoms with Gasteiger partial charge in [0, 0.05) is 18.8 Å². The number of thioether (sulfide) groups is 1. The summed E-state index contributed by atoms with van der Waals surface area (Å²) in [4.78, 5) is 13.3. The fraction of sp³-hybridized carbons (Fsp3) is 0.444. The van der Waals surface area contributed by atoms with Crippen LogP contribution in [0.15, 0.2) is 10.3 Å². The highest BCUT2D eigenvalue weighted by Gasteiger charge is 2.24. The second-order valence-corrected chi connectivity index (χ2v) is 6.16. The van der Waals surface area contributed by atoms with Gasteiger partial charge in [-0.3, -0.25) is 0 Å². The summed E-state index contributed by atoms with van der Waals surface area (Å²) in [6, 6.07) is 1.77. The number of carboxylic acids is 1. The molecule has 0 radical (unpaired) electrons. The van der Waals surface area contributed by atoms with Gasteiger partial charge in [0.25, 0.3) is 0 Å². The Labute approximate surface area is 90.7 Å². The highest BCUT2D eigenvalue weighted by Crippen LogP contribution is 2.43. The molecular weight excluding hydrogens is 218 g/mol. The lowest BCUT2D eigenvalue weighted by Gasteiger charge is -2.28. The molecule has 0 fully saturated rings. The van der Waals surface area contributed by atoms with Gasteiger partial charge in [-0.25, -0.2) is 4.79 Å². The maximum atomic E-state index is 10.8. The molecule has 1 unspecified atom stereocenters. The third-order valence-corrected chi connectivity index (χ3v) is 4.56. The van der Waals surface area contributed by atoms with Crippen molar-refractivity contribution in [3.8, 4) is 0 Å². The Kier molecular flexibility index (Phi) is 2.45. The summed E-state index contributed by atoms with van der Waals surface area (Å²) in [7, 11) is 2.01. The first-order valence-corrected chi connectivity index (χ1v) is 6.02. The molecule has 14 heavy (non-hydrogen) atoms. The first-order valence-electron chi connectivity index (χ1n) is 4.33. The molecule has 0 aliphatic carbocycles. The van der Waals surface area contributed by atoms with E-state index in [1.807, 2.05) is 7.05 Å².